The molecular formula is C45H38O18. The summed E-state index contributed by atoms with van der Waals surface area (Å²) in [4.78, 5) is 0. The molecule has 0 saturated heterocycles. The molecular weight excluding hydrogens is 828 g/mol. The zero-order chi connectivity index (χ0) is 44.5. The highest BCUT2D eigenvalue weighted by Gasteiger charge is 2.62. The lowest BCUT2D eigenvalue weighted by Gasteiger charge is -2.53. The molecule has 9 atom stereocenters. The molecule has 0 amide bonds. The van der Waals surface area contributed by atoms with Gasteiger partial charge in [-0.3, -0.25) is 0 Å². The SMILES string of the molecule is Oc1cc(O)c2c(c1)O[C@@]1(c3ccc(O)c(O)c3)OC3=C(C4=C([C@H](c5c(O)cc(O)c6c5O[C@H](c5ccc(O)c(O)c5)[C@H](O)C6)[C@@H](O)[C@@H](c5ccc(O)c(O)c5)O4)[C@@H](O)C3)[C@@H]2[C@H]1O. The molecule has 0 spiro atoms. The van der Waals surface area contributed by atoms with Crippen LogP contribution in [0.25, 0.3) is 0 Å². The molecule has 18 nitrogen and oxygen atoms in total. The van der Waals surface area contributed by atoms with Crippen molar-refractivity contribution < 1.29 is 90.4 Å². The van der Waals surface area contributed by atoms with E-state index in [0.717, 1.165) is 48.5 Å². The van der Waals surface area contributed by atoms with Gasteiger partial charge < -0.3 is 90.4 Å². The number of benzene rings is 5. The van der Waals surface area contributed by atoms with E-state index in [1.807, 2.05) is 0 Å². The van der Waals surface area contributed by atoms with Gasteiger partial charge in [0.05, 0.1) is 18.1 Å². The molecule has 0 fully saturated rings. The Balaban J connectivity index is 1.23. The molecule has 0 saturated carbocycles. The highest BCUT2D eigenvalue weighted by Crippen LogP contribution is 2.64. The van der Waals surface area contributed by atoms with E-state index in [1.165, 1.54) is 24.3 Å². The first kappa shape index (κ1) is 39.7. The van der Waals surface area contributed by atoms with Crippen LogP contribution in [0.3, 0.4) is 0 Å². The van der Waals surface area contributed by atoms with Crippen LogP contribution in [0.1, 0.15) is 63.8 Å². The van der Waals surface area contributed by atoms with Gasteiger partial charge in [-0.1, -0.05) is 12.1 Å². The molecule has 0 aromatic heterocycles. The number of rotatable bonds is 4. The van der Waals surface area contributed by atoms with E-state index in [9.17, 15) is 71.5 Å². The molecule has 4 aliphatic heterocycles. The van der Waals surface area contributed by atoms with Crippen molar-refractivity contribution in [2.24, 2.45) is 0 Å². The number of aromatic hydroxyl groups is 10. The van der Waals surface area contributed by atoms with Crippen LogP contribution in [-0.2, 0) is 21.7 Å². The third-order valence-corrected chi connectivity index (χ3v) is 12.5. The Bertz CT molecular complexity index is 2830. The minimum absolute atomic E-state index is 0.00205. The van der Waals surface area contributed by atoms with E-state index in [-0.39, 0.29) is 74.0 Å². The number of hydrogen-bond donors (Lipinski definition) is 14. The molecule has 4 heterocycles. The van der Waals surface area contributed by atoms with Gasteiger partial charge in [-0.05, 0) is 53.6 Å². The predicted octanol–water partition coefficient (Wildman–Crippen LogP) is 3.69. The summed E-state index contributed by atoms with van der Waals surface area (Å²) in [6.45, 7) is 0. The molecule has 18 heteroatoms. The zero-order valence-electron chi connectivity index (χ0n) is 32.4. The summed E-state index contributed by atoms with van der Waals surface area (Å²) < 4.78 is 25.8. The fraction of sp³-hybridized carbons (Fsp3) is 0.244. The maximum atomic E-state index is 12.6. The highest BCUT2D eigenvalue weighted by molar-refractivity contribution is 5.66. The smallest absolute Gasteiger partial charge is 0.304 e. The fourth-order valence-electron chi connectivity index (χ4n) is 9.63. The van der Waals surface area contributed by atoms with Crippen LogP contribution >= 0.6 is 0 Å². The van der Waals surface area contributed by atoms with Crippen molar-refractivity contribution >= 4 is 0 Å². The number of phenols is 10. The first-order chi connectivity index (χ1) is 30.0. The molecule has 0 radical (unpaired) electrons. The average Bonchev–Trinajstić information content (AvgIpc) is 3.22. The Morgan fingerprint density at radius 2 is 1.14 bits per heavy atom. The second kappa shape index (κ2) is 13.8. The normalized spacial score (nSPS) is 28.0. The van der Waals surface area contributed by atoms with Gasteiger partial charge in [0.25, 0.3) is 0 Å². The number of hydrogen-bond acceptors (Lipinski definition) is 18. The van der Waals surface area contributed by atoms with Gasteiger partial charge in [-0.2, -0.15) is 0 Å². The predicted molar refractivity (Wildman–Crippen MR) is 211 cm³/mol. The fourth-order valence-corrected chi connectivity index (χ4v) is 9.63. The lowest BCUT2D eigenvalue weighted by Crippen LogP contribution is -2.57. The minimum atomic E-state index is -2.27. The molecule has 14 N–H and O–H groups in total. The Morgan fingerprint density at radius 3 is 1.79 bits per heavy atom. The first-order valence-corrected chi connectivity index (χ1v) is 19.6. The van der Waals surface area contributed by atoms with E-state index in [2.05, 4.69) is 0 Å². The van der Waals surface area contributed by atoms with Gasteiger partial charge in [-0.15, -0.1) is 0 Å². The molecule has 1 aliphatic carbocycles. The van der Waals surface area contributed by atoms with Crippen LogP contribution in [0.4, 0.5) is 0 Å². The van der Waals surface area contributed by atoms with Crippen molar-refractivity contribution in [2.75, 3.05) is 0 Å². The van der Waals surface area contributed by atoms with E-state index < -0.39 is 118 Å². The Morgan fingerprint density at radius 1 is 0.524 bits per heavy atom. The van der Waals surface area contributed by atoms with Gasteiger partial charge in [0, 0.05) is 70.4 Å². The quantitative estimate of drug-likeness (QED) is 0.115. The molecule has 5 aromatic carbocycles. The van der Waals surface area contributed by atoms with Crippen LogP contribution in [-0.4, -0.2) is 95.9 Å². The van der Waals surface area contributed by atoms with Crippen molar-refractivity contribution in [1.29, 1.82) is 0 Å². The molecule has 0 unspecified atom stereocenters. The number of fused-ring (bicyclic) bond motifs is 7. The lowest BCUT2D eigenvalue weighted by atomic mass is 9.67. The number of aliphatic hydroxyl groups excluding tert-OH is 4. The molecule has 5 aromatic rings. The third kappa shape index (κ3) is 5.79. The molecule has 63 heavy (non-hydrogen) atoms. The van der Waals surface area contributed by atoms with Crippen molar-refractivity contribution in [1.82, 2.24) is 0 Å². The first-order valence-electron chi connectivity index (χ1n) is 19.6. The van der Waals surface area contributed by atoms with Crippen LogP contribution in [0, 0.1) is 0 Å². The summed E-state index contributed by atoms with van der Waals surface area (Å²) in [5, 5.41) is 156. The van der Waals surface area contributed by atoms with Gasteiger partial charge >= 0.3 is 5.79 Å². The maximum absolute atomic E-state index is 12.6. The molecule has 326 valence electrons. The van der Waals surface area contributed by atoms with E-state index in [4.69, 9.17) is 18.9 Å². The molecule has 10 rings (SSSR count). The Kier molecular flexibility index (Phi) is 8.71. The third-order valence-electron chi connectivity index (χ3n) is 12.5. The maximum Gasteiger partial charge on any atom is 0.304 e. The van der Waals surface area contributed by atoms with Crippen LogP contribution < -0.4 is 9.47 Å². The van der Waals surface area contributed by atoms with E-state index >= 15 is 0 Å². The van der Waals surface area contributed by atoms with E-state index in [1.54, 1.807) is 0 Å². The summed E-state index contributed by atoms with van der Waals surface area (Å²) in [5.41, 5.74) is -0.218. The number of allylic oxidation sites excluding steroid dienone is 1. The van der Waals surface area contributed by atoms with Crippen LogP contribution in [0.5, 0.6) is 69.0 Å². The van der Waals surface area contributed by atoms with Crippen molar-refractivity contribution in [3.63, 3.8) is 0 Å². The highest BCUT2D eigenvalue weighted by atomic mass is 16.7. The average molecular weight is 867 g/mol. The molecule has 2 bridgehead atoms. The van der Waals surface area contributed by atoms with Gasteiger partial charge in [-0.25, -0.2) is 0 Å². The van der Waals surface area contributed by atoms with Gasteiger partial charge in [0.1, 0.15) is 64.3 Å². The van der Waals surface area contributed by atoms with Crippen molar-refractivity contribution in [2.45, 2.75) is 67.1 Å². The zero-order valence-corrected chi connectivity index (χ0v) is 32.4. The van der Waals surface area contributed by atoms with Crippen molar-refractivity contribution in [3.05, 3.63) is 129 Å². The van der Waals surface area contributed by atoms with Gasteiger partial charge in [0.2, 0.25) is 0 Å². The summed E-state index contributed by atoms with van der Waals surface area (Å²) in [6.07, 6.45) is -10.3. The standard InChI is InChI=1S/C45H38O18/c46-18-10-27(54)33-31(11-18)62-45(17-3-6-22(49)26(53)9-17)44(59)38(33)36-32(63-45)14-29(56)35-37(39(58)41(61-43(35)36)16-2-5-21(48)25(52)8-16)34-28(55)13-23(50)19-12-30(57)40(60-42(19)34)15-1-4-20(47)24(51)7-15/h1-11,13,29-30,37-41,44,46-59H,12,14H2/t29-,30+,37-,38+,39+,40+,41+,44+,45-/m0/s1. The second-order valence-electron chi connectivity index (χ2n) is 16.2. The Hall–Kier alpha value is -7.38. The minimum Gasteiger partial charge on any atom is -0.508 e. The molecule has 5 aliphatic rings. The second-order valence-corrected chi connectivity index (χ2v) is 16.2. The number of aliphatic hydroxyl groups is 4. The monoisotopic (exact) mass is 866 g/mol. The largest absolute Gasteiger partial charge is 0.508 e. The topological polar surface area (TPSA) is 320 Å². The Labute approximate surface area is 354 Å². The van der Waals surface area contributed by atoms with E-state index in [0.29, 0.717) is 0 Å². The summed E-state index contributed by atoms with van der Waals surface area (Å²) >= 11 is 0. The summed E-state index contributed by atoms with van der Waals surface area (Å²) in [5.74, 6) is -11.4. The van der Waals surface area contributed by atoms with Gasteiger partial charge in [0.15, 0.2) is 40.6 Å². The lowest BCUT2D eigenvalue weighted by molar-refractivity contribution is -0.254. The number of ether oxygens (including phenoxy) is 4. The number of phenolic OH excluding ortho intramolecular Hbond substituents is 10. The summed E-state index contributed by atoms with van der Waals surface area (Å²) in [6, 6.07) is 13.9. The summed E-state index contributed by atoms with van der Waals surface area (Å²) in [7, 11) is 0. The van der Waals surface area contributed by atoms with Crippen LogP contribution in [0.2, 0.25) is 0 Å². The van der Waals surface area contributed by atoms with Crippen molar-refractivity contribution in [3.8, 4) is 69.0 Å². The van der Waals surface area contributed by atoms with Crippen LogP contribution in [0.15, 0.2) is 95.5 Å².